The molecular formula is C19H31N3O5S. The number of hydrogen-bond donors (Lipinski definition) is 1. The molecule has 0 saturated carbocycles. The van der Waals surface area contributed by atoms with E-state index in [1.54, 1.807) is 6.07 Å². The molecule has 8 nitrogen and oxygen atoms in total. The Morgan fingerprint density at radius 3 is 2.25 bits per heavy atom. The maximum Gasteiger partial charge on any atom is 0.243 e. The number of piperazine rings is 1. The van der Waals surface area contributed by atoms with Gasteiger partial charge in [0.1, 0.15) is 0 Å². The minimum absolute atomic E-state index is 0.0388. The Hall–Kier alpha value is -1.84. The van der Waals surface area contributed by atoms with Crippen LogP contribution in [0.2, 0.25) is 0 Å². The standard InChI is InChI=1S/C19H31N3O5S/c1-6-19(2,3)20-18(23)14-21-9-11-22(12-10-21)28(24,25)15-7-8-16(26-4)17(13-15)27-5/h7-8,13H,6,9-12,14H2,1-5H3,(H,20,23). The summed E-state index contributed by atoms with van der Waals surface area (Å²) >= 11 is 0. The van der Waals surface area contributed by atoms with Crippen molar-refractivity contribution in [2.24, 2.45) is 0 Å². The average molecular weight is 414 g/mol. The summed E-state index contributed by atoms with van der Waals surface area (Å²) in [5.41, 5.74) is -0.240. The van der Waals surface area contributed by atoms with Crippen molar-refractivity contribution in [3.8, 4) is 11.5 Å². The van der Waals surface area contributed by atoms with Crippen molar-refractivity contribution >= 4 is 15.9 Å². The largest absolute Gasteiger partial charge is 0.493 e. The highest BCUT2D eigenvalue weighted by atomic mass is 32.2. The fourth-order valence-corrected chi connectivity index (χ4v) is 4.40. The van der Waals surface area contributed by atoms with Gasteiger partial charge in [0.25, 0.3) is 0 Å². The number of amides is 1. The van der Waals surface area contributed by atoms with Crippen LogP contribution in [-0.4, -0.2) is 76.0 Å². The second-order valence-electron chi connectivity index (χ2n) is 7.48. The first-order valence-electron chi connectivity index (χ1n) is 9.38. The predicted octanol–water partition coefficient (Wildman–Crippen LogP) is 1.31. The van der Waals surface area contributed by atoms with E-state index in [0.717, 1.165) is 6.42 Å². The highest BCUT2D eigenvalue weighted by Crippen LogP contribution is 2.30. The summed E-state index contributed by atoms with van der Waals surface area (Å²) in [7, 11) is -0.661. The van der Waals surface area contributed by atoms with Crippen molar-refractivity contribution in [2.45, 2.75) is 37.6 Å². The molecule has 0 atom stereocenters. The van der Waals surface area contributed by atoms with E-state index in [9.17, 15) is 13.2 Å². The third-order valence-corrected chi connectivity index (χ3v) is 6.95. The molecule has 0 spiro atoms. The summed E-state index contributed by atoms with van der Waals surface area (Å²) in [6.45, 7) is 7.95. The van der Waals surface area contributed by atoms with Crippen LogP contribution in [-0.2, 0) is 14.8 Å². The summed E-state index contributed by atoms with van der Waals surface area (Å²) in [4.78, 5) is 14.3. The van der Waals surface area contributed by atoms with Crippen LogP contribution >= 0.6 is 0 Å². The van der Waals surface area contributed by atoms with Crippen molar-refractivity contribution < 1.29 is 22.7 Å². The second kappa shape index (κ2) is 9.11. The van der Waals surface area contributed by atoms with Gasteiger partial charge >= 0.3 is 0 Å². The van der Waals surface area contributed by atoms with E-state index in [2.05, 4.69) is 5.32 Å². The summed E-state index contributed by atoms with van der Waals surface area (Å²) in [5, 5.41) is 3.01. The molecule has 1 aliphatic heterocycles. The van der Waals surface area contributed by atoms with Gasteiger partial charge in [0.2, 0.25) is 15.9 Å². The maximum absolute atomic E-state index is 12.9. The van der Waals surface area contributed by atoms with Crippen LogP contribution in [0.5, 0.6) is 11.5 Å². The molecule has 0 aliphatic carbocycles. The van der Waals surface area contributed by atoms with Crippen LogP contribution in [0.15, 0.2) is 23.1 Å². The van der Waals surface area contributed by atoms with Gasteiger partial charge in [0.05, 0.1) is 25.7 Å². The third kappa shape index (κ3) is 5.36. The molecule has 0 aromatic heterocycles. The Balaban J connectivity index is 1.99. The van der Waals surface area contributed by atoms with Gasteiger partial charge in [-0.25, -0.2) is 8.42 Å². The molecule has 1 aliphatic rings. The lowest BCUT2D eigenvalue weighted by Gasteiger charge is -2.34. The Bertz CT molecular complexity index is 787. The zero-order valence-corrected chi connectivity index (χ0v) is 18.1. The van der Waals surface area contributed by atoms with Gasteiger partial charge in [-0.2, -0.15) is 4.31 Å². The molecule has 158 valence electrons. The van der Waals surface area contributed by atoms with Crippen molar-refractivity contribution in [2.75, 3.05) is 46.9 Å². The molecule has 1 amide bonds. The van der Waals surface area contributed by atoms with E-state index in [4.69, 9.17) is 9.47 Å². The number of carbonyl (C=O) groups is 1. The van der Waals surface area contributed by atoms with Gasteiger partial charge < -0.3 is 14.8 Å². The topological polar surface area (TPSA) is 88.2 Å². The Labute approximate surface area is 167 Å². The number of nitrogens with zero attached hydrogens (tertiary/aromatic N) is 2. The number of methoxy groups -OCH3 is 2. The van der Waals surface area contributed by atoms with Crippen molar-refractivity contribution in [1.82, 2.24) is 14.5 Å². The second-order valence-corrected chi connectivity index (χ2v) is 9.42. The summed E-state index contributed by atoms with van der Waals surface area (Å²) in [5.74, 6) is 0.813. The van der Waals surface area contributed by atoms with Crippen LogP contribution < -0.4 is 14.8 Å². The Morgan fingerprint density at radius 2 is 1.71 bits per heavy atom. The van der Waals surface area contributed by atoms with E-state index in [1.165, 1.54) is 30.7 Å². The number of benzene rings is 1. The molecule has 9 heteroatoms. The normalized spacial score (nSPS) is 16.6. The molecule has 1 heterocycles. The van der Waals surface area contributed by atoms with Gasteiger partial charge in [-0.1, -0.05) is 6.92 Å². The maximum atomic E-state index is 12.9. The van der Waals surface area contributed by atoms with Gasteiger partial charge in [-0.05, 0) is 32.4 Å². The van der Waals surface area contributed by atoms with Gasteiger partial charge in [0.15, 0.2) is 11.5 Å². The molecule has 0 bridgehead atoms. The molecule has 2 rings (SSSR count). The molecule has 28 heavy (non-hydrogen) atoms. The minimum Gasteiger partial charge on any atom is -0.493 e. The first-order valence-corrected chi connectivity index (χ1v) is 10.8. The predicted molar refractivity (Wildman–Crippen MR) is 107 cm³/mol. The highest BCUT2D eigenvalue weighted by molar-refractivity contribution is 7.89. The zero-order chi connectivity index (χ0) is 20.9. The van der Waals surface area contributed by atoms with Crippen LogP contribution in [0.1, 0.15) is 27.2 Å². The van der Waals surface area contributed by atoms with E-state index in [-0.39, 0.29) is 22.9 Å². The van der Waals surface area contributed by atoms with Crippen LogP contribution in [0.3, 0.4) is 0 Å². The molecule has 1 N–H and O–H groups in total. The van der Waals surface area contributed by atoms with Gasteiger partial charge in [-0.3, -0.25) is 9.69 Å². The smallest absolute Gasteiger partial charge is 0.243 e. The Kier molecular flexibility index (Phi) is 7.30. The number of carbonyl (C=O) groups excluding carboxylic acids is 1. The number of sulfonamides is 1. The number of rotatable bonds is 8. The molecule has 1 fully saturated rings. The average Bonchev–Trinajstić information content (AvgIpc) is 2.67. The number of nitrogens with one attached hydrogen (secondary N) is 1. The van der Waals surface area contributed by atoms with Gasteiger partial charge in [-0.15, -0.1) is 0 Å². The first-order chi connectivity index (χ1) is 13.1. The highest BCUT2D eigenvalue weighted by Gasteiger charge is 2.30. The molecular weight excluding hydrogens is 382 g/mol. The van der Waals surface area contributed by atoms with Crippen molar-refractivity contribution in [3.05, 3.63) is 18.2 Å². The minimum atomic E-state index is -3.63. The van der Waals surface area contributed by atoms with Gasteiger partial charge in [0, 0.05) is 37.8 Å². The van der Waals surface area contributed by atoms with E-state index >= 15 is 0 Å². The fourth-order valence-electron chi connectivity index (χ4n) is 2.96. The monoisotopic (exact) mass is 413 g/mol. The number of hydrogen-bond acceptors (Lipinski definition) is 6. The quantitative estimate of drug-likeness (QED) is 0.691. The lowest BCUT2D eigenvalue weighted by atomic mass is 10.0. The summed E-state index contributed by atoms with van der Waals surface area (Å²) in [6.07, 6.45) is 0.843. The SMILES string of the molecule is CCC(C)(C)NC(=O)CN1CCN(S(=O)(=O)c2ccc(OC)c(OC)c2)CC1. The van der Waals surface area contributed by atoms with E-state index in [0.29, 0.717) is 37.7 Å². The van der Waals surface area contributed by atoms with Crippen LogP contribution in [0, 0.1) is 0 Å². The van der Waals surface area contributed by atoms with Crippen LogP contribution in [0.25, 0.3) is 0 Å². The zero-order valence-electron chi connectivity index (χ0n) is 17.3. The summed E-state index contributed by atoms with van der Waals surface area (Å²) in [6, 6.07) is 4.58. The lowest BCUT2D eigenvalue weighted by Crippen LogP contribution is -2.53. The number of ether oxygens (including phenoxy) is 2. The Morgan fingerprint density at radius 1 is 1.11 bits per heavy atom. The summed E-state index contributed by atoms with van der Waals surface area (Å²) < 4.78 is 37.7. The lowest BCUT2D eigenvalue weighted by molar-refractivity contribution is -0.124. The molecule has 0 unspecified atom stereocenters. The molecule has 0 radical (unpaired) electrons. The third-order valence-electron chi connectivity index (χ3n) is 5.05. The molecule has 1 aromatic rings. The first kappa shape index (κ1) is 22.4. The van der Waals surface area contributed by atoms with Crippen molar-refractivity contribution in [1.29, 1.82) is 0 Å². The van der Waals surface area contributed by atoms with Crippen molar-refractivity contribution in [3.63, 3.8) is 0 Å². The van der Waals surface area contributed by atoms with E-state index < -0.39 is 10.0 Å². The van der Waals surface area contributed by atoms with Crippen LogP contribution in [0.4, 0.5) is 0 Å². The van der Waals surface area contributed by atoms with E-state index in [1.807, 2.05) is 25.7 Å². The molecule has 1 saturated heterocycles. The molecule has 1 aromatic carbocycles. The fraction of sp³-hybridized carbons (Fsp3) is 0.632.